The third kappa shape index (κ3) is 5.76. The molecule has 1 heterocycles. The SMILES string of the molecule is CN=C/C(C(=O)NC(C)(C)C#Cc1cccc2c1COCCN2C)=C(\N)C(F)(F)F. The molecular weight excluding hydrogens is 397 g/mol. The molecule has 0 spiro atoms. The average molecular weight is 422 g/mol. The van der Waals surface area contributed by atoms with Gasteiger partial charge in [-0.1, -0.05) is 17.9 Å². The summed E-state index contributed by atoms with van der Waals surface area (Å²) in [7, 11) is 3.21. The molecule has 30 heavy (non-hydrogen) atoms. The number of benzene rings is 1. The molecule has 0 bridgehead atoms. The van der Waals surface area contributed by atoms with Crippen LogP contribution >= 0.6 is 0 Å². The number of carbonyl (C=O) groups excluding carboxylic acids is 1. The fourth-order valence-electron chi connectivity index (χ4n) is 2.84. The normalized spacial score (nSPS) is 15.6. The van der Waals surface area contributed by atoms with Crippen molar-refractivity contribution in [3.05, 3.63) is 40.6 Å². The maximum absolute atomic E-state index is 12.9. The summed E-state index contributed by atoms with van der Waals surface area (Å²) in [6, 6.07) is 5.69. The Bertz CT molecular complexity index is 924. The topological polar surface area (TPSA) is 80.0 Å². The number of anilines is 1. The summed E-state index contributed by atoms with van der Waals surface area (Å²) in [5, 5.41) is 2.48. The maximum Gasteiger partial charge on any atom is 0.431 e. The number of allylic oxidation sites excluding steroid dienone is 1. The number of ether oxygens (including phenoxy) is 1. The lowest BCUT2D eigenvalue weighted by Crippen LogP contribution is -2.44. The van der Waals surface area contributed by atoms with Gasteiger partial charge in [-0.05, 0) is 26.0 Å². The molecule has 6 nitrogen and oxygen atoms in total. The van der Waals surface area contributed by atoms with E-state index in [1.165, 1.54) is 7.05 Å². The molecule has 162 valence electrons. The first-order valence-corrected chi connectivity index (χ1v) is 9.22. The standard InChI is InChI=1S/C21H25F3N4O2/c1-20(2,27-19(29)15(12-26-3)18(25)21(22,23)24)9-8-14-6-5-7-17-16(14)13-30-11-10-28(17)4/h5-7,12H,10-11,13,25H2,1-4H3,(H,27,29)/b18-15+,26-12?. The Hall–Kier alpha value is -2.99. The molecule has 1 aliphatic rings. The molecule has 0 aliphatic carbocycles. The van der Waals surface area contributed by atoms with Crippen molar-refractivity contribution < 1.29 is 22.7 Å². The Balaban J connectivity index is 2.32. The average Bonchev–Trinajstić information content (AvgIpc) is 2.85. The predicted octanol–water partition coefficient (Wildman–Crippen LogP) is 2.38. The van der Waals surface area contributed by atoms with Crippen LogP contribution in [0.4, 0.5) is 18.9 Å². The number of hydrogen-bond acceptors (Lipinski definition) is 5. The Morgan fingerprint density at radius 2 is 2.07 bits per heavy atom. The lowest BCUT2D eigenvalue weighted by atomic mass is 10.0. The number of nitrogens with two attached hydrogens (primary N) is 1. The van der Waals surface area contributed by atoms with Crippen molar-refractivity contribution in [2.24, 2.45) is 10.7 Å². The van der Waals surface area contributed by atoms with Gasteiger partial charge >= 0.3 is 6.18 Å². The number of likely N-dealkylation sites (N-methyl/N-ethyl adjacent to an activating group) is 1. The molecule has 2 rings (SSSR count). The van der Waals surface area contributed by atoms with Crippen molar-refractivity contribution in [1.82, 2.24) is 5.32 Å². The van der Waals surface area contributed by atoms with Crippen LogP contribution in [-0.2, 0) is 16.1 Å². The van der Waals surface area contributed by atoms with E-state index < -0.39 is 28.9 Å². The van der Waals surface area contributed by atoms with E-state index in [4.69, 9.17) is 10.5 Å². The number of fused-ring (bicyclic) bond motifs is 1. The molecule has 1 aromatic rings. The van der Waals surface area contributed by atoms with E-state index in [-0.39, 0.29) is 0 Å². The highest BCUT2D eigenvalue weighted by Crippen LogP contribution is 2.26. The molecule has 0 saturated carbocycles. The highest BCUT2D eigenvalue weighted by Gasteiger charge is 2.36. The molecule has 0 radical (unpaired) electrons. The van der Waals surface area contributed by atoms with Crippen molar-refractivity contribution in [3.63, 3.8) is 0 Å². The van der Waals surface area contributed by atoms with E-state index >= 15 is 0 Å². The van der Waals surface area contributed by atoms with E-state index in [0.29, 0.717) is 13.2 Å². The number of nitrogens with one attached hydrogen (secondary N) is 1. The minimum Gasteiger partial charge on any atom is -0.394 e. The van der Waals surface area contributed by atoms with Gasteiger partial charge in [0, 0.05) is 43.7 Å². The third-order valence-corrected chi connectivity index (χ3v) is 4.41. The van der Waals surface area contributed by atoms with Gasteiger partial charge in [0.25, 0.3) is 5.91 Å². The lowest BCUT2D eigenvalue weighted by molar-refractivity contribution is -0.119. The maximum atomic E-state index is 12.9. The zero-order valence-electron chi connectivity index (χ0n) is 17.4. The molecule has 1 aromatic carbocycles. The summed E-state index contributed by atoms with van der Waals surface area (Å²) in [5.41, 5.74) is 4.37. The van der Waals surface area contributed by atoms with Gasteiger partial charge in [0.05, 0.1) is 24.3 Å². The van der Waals surface area contributed by atoms with Crippen molar-refractivity contribution in [1.29, 1.82) is 0 Å². The van der Waals surface area contributed by atoms with E-state index in [1.807, 2.05) is 25.2 Å². The summed E-state index contributed by atoms with van der Waals surface area (Å²) < 4.78 is 44.5. The third-order valence-electron chi connectivity index (χ3n) is 4.41. The van der Waals surface area contributed by atoms with Crippen molar-refractivity contribution >= 4 is 17.8 Å². The molecule has 0 saturated heterocycles. The molecule has 1 aliphatic heterocycles. The van der Waals surface area contributed by atoms with Crippen LogP contribution in [0.5, 0.6) is 0 Å². The number of hydrogen-bond donors (Lipinski definition) is 2. The van der Waals surface area contributed by atoms with Crippen LogP contribution in [0.3, 0.4) is 0 Å². The van der Waals surface area contributed by atoms with Gasteiger partial charge < -0.3 is 20.7 Å². The first-order valence-electron chi connectivity index (χ1n) is 9.22. The zero-order valence-corrected chi connectivity index (χ0v) is 17.4. The van der Waals surface area contributed by atoms with Crippen LogP contribution in [0, 0.1) is 11.8 Å². The minimum atomic E-state index is -4.85. The van der Waals surface area contributed by atoms with Crippen LogP contribution in [0.15, 0.2) is 34.5 Å². The number of nitrogens with zero attached hydrogens (tertiary/aromatic N) is 2. The minimum absolute atomic E-state index is 0.402. The van der Waals surface area contributed by atoms with Gasteiger partial charge in [-0.25, -0.2) is 0 Å². The summed E-state index contributed by atoms with van der Waals surface area (Å²) in [4.78, 5) is 18.0. The summed E-state index contributed by atoms with van der Waals surface area (Å²) in [6.07, 6.45) is -4.07. The molecule has 0 unspecified atom stereocenters. The quantitative estimate of drug-likeness (QED) is 0.445. The molecule has 0 atom stereocenters. The monoisotopic (exact) mass is 422 g/mol. The summed E-state index contributed by atoms with van der Waals surface area (Å²) in [6.45, 7) is 4.92. The second-order valence-electron chi connectivity index (χ2n) is 7.32. The second-order valence-corrected chi connectivity index (χ2v) is 7.32. The first kappa shape index (κ1) is 23.3. The molecule has 0 fully saturated rings. The molecule has 0 aromatic heterocycles. The van der Waals surface area contributed by atoms with Crippen molar-refractivity contribution in [3.8, 4) is 11.8 Å². The number of amides is 1. The Labute approximate surface area is 174 Å². The van der Waals surface area contributed by atoms with Crippen LogP contribution in [0.1, 0.15) is 25.0 Å². The van der Waals surface area contributed by atoms with Crippen LogP contribution in [0.25, 0.3) is 0 Å². The van der Waals surface area contributed by atoms with Crippen LogP contribution in [-0.4, -0.2) is 51.1 Å². The van der Waals surface area contributed by atoms with Gasteiger partial charge in [0.2, 0.25) is 0 Å². The van der Waals surface area contributed by atoms with Gasteiger partial charge in [0.15, 0.2) is 0 Å². The molecule has 9 heteroatoms. The van der Waals surface area contributed by atoms with Crippen LogP contribution < -0.4 is 16.0 Å². The smallest absolute Gasteiger partial charge is 0.394 e. The molecular formula is C21H25F3N4O2. The number of alkyl halides is 3. The van der Waals surface area contributed by atoms with Crippen molar-refractivity contribution in [2.75, 3.05) is 32.1 Å². The fraction of sp³-hybridized carbons (Fsp3) is 0.429. The van der Waals surface area contributed by atoms with Gasteiger partial charge in [-0.2, -0.15) is 13.2 Å². The summed E-state index contributed by atoms with van der Waals surface area (Å²) >= 11 is 0. The Kier molecular flexibility index (Phi) is 7.16. The van der Waals surface area contributed by atoms with Crippen molar-refractivity contribution in [2.45, 2.75) is 32.2 Å². The number of carbonyl (C=O) groups is 1. The molecule has 1 amide bonds. The van der Waals surface area contributed by atoms with E-state index in [0.717, 1.165) is 29.6 Å². The highest BCUT2D eigenvalue weighted by molar-refractivity contribution is 6.13. The fourth-order valence-corrected chi connectivity index (χ4v) is 2.84. The summed E-state index contributed by atoms with van der Waals surface area (Å²) in [5.74, 6) is 4.93. The largest absolute Gasteiger partial charge is 0.431 e. The Morgan fingerprint density at radius 3 is 2.70 bits per heavy atom. The number of rotatable bonds is 3. The second kappa shape index (κ2) is 9.22. The number of halogens is 3. The molecule has 3 N–H and O–H groups in total. The highest BCUT2D eigenvalue weighted by atomic mass is 19.4. The van der Waals surface area contributed by atoms with Crippen LogP contribution in [0.2, 0.25) is 0 Å². The van der Waals surface area contributed by atoms with Gasteiger partial charge in [-0.3, -0.25) is 9.79 Å². The van der Waals surface area contributed by atoms with Gasteiger partial charge in [-0.15, -0.1) is 0 Å². The van der Waals surface area contributed by atoms with Gasteiger partial charge in [0.1, 0.15) is 5.70 Å². The van der Waals surface area contributed by atoms with E-state index in [1.54, 1.807) is 13.8 Å². The van der Waals surface area contributed by atoms with E-state index in [2.05, 4.69) is 27.0 Å². The van der Waals surface area contributed by atoms with E-state index in [9.17, 15) is 18.0 Å². The lowest BCUT2D eigenvalue weighted by Gasteiger charge is -2.21. The predicted molar refractivity (Wildman–Crippen MR) is 110 cm³/mol. The Morgan fingerprint density at radius 1 is 1.37 bits per heavy atom. The zero-order chi connectivity index (χ0) is 22.5. The number of aliphatic imine (C=N–C) groups is 1. The first-order chi connectivity index (χ1) is 14.0.